The van der Waals surface area contributed by atoms with Crippen molar-refractivity contribution in [2.75, 3.05) is 6.56 Å². The fraction of sp³-hybridized carbons (Fsp3) is 0.923. The van der Waals surface area contributed by atoms with E-state index in [4.69, 9.17) is 16.9 Å². The zero-order valence-electron chi connectivity index (χ0n) is 14.4. The summed E-state index contributed by atoms with van der Waals surface area (Å²) in [5, 5.41) is 9.23. The lowest BCUT2D eigenvalue weighted by Crippen LogP contribution is -2.42. The van der Waals surface area contributed by atoms with Crippen LogP contribution in [-0.2, 0) is 18.9 Å². The Bertz CT molecular complexity index is 376. The van der Waals surface area contributed by atoms with Gasteiger partial charge in [0.1, 0.15) is 12.5 Å². The molecule has 5 nitrogen and oxygen atoms in total. The topological polar surface area (TPSA) is 65.0 Å². The molecule has 19 heavy (non-hydrogen) atoms. The second-order valence-corrected chi connectivity index (χ2v) is 5.64. The molecule has 0 saturated carbocycles. The molecule has 1 saturated heterocycles. The van der Waals surface area contributed by atoms with E-state index in [0.717, 1.165) is 0 Å². The zero-order valence-corrected chi connectivity index (χ0v) is 12.4. The predicted molar refractivity (Wildman–Crippen MR) is 74.6 cm³/mol. The number of carboxylic acid groups (broad SMARTS) is 1. The van der Waals surface area contributed by atoms with Crippen LogP contribution in [0.15, 0.2) is 0 Å². The quantitative estimate of drug-likeness (QED) is 0.723. The van der Waals surface area contributed by atoms with E-state index in [-0.39, 0.29) is 0 Å². The summed E-state index contributed by atoms with van der Waals surface area (Å²) in [5.41, 5.74) is 0. The zero-order chi connectivity index (χ0) is 16.5. The summed E-state index contributed by atoms with van der Waals surface area (Å²) in [5.74, 6) is -2.40. The molecule has 0 aromatic rings. The first-order valence-electron chi connectivity index (χ1n) is 8.00. The van der Waals surface area contributed by atoms with Crippen molar-refractivity contribution in [3.63, 3.8) is 0 Å². The van der Waals surface area contributed by atoms with Gasteiger partial charge in [-0.05, 0) is 13.8 Å². The van der Waals surface area contributed by atoms with Crippen LogP contribution < -0.4 is 0 Å². The largest absolute Gasteiger partial charge is 0.588 e. The first-order valence-corrected chi connectivity index (χ1v) is 7.00. The molecule has 0 spiro atoms. The molecule has 0 aliphatic carbocycles. The highest BCUT2D eigenvalue weighted by molar-refractivity contribution is 6.73. The standard InChI is InChI=1S/C13H26BO5/c1-6-14(7-2,8-3)17-9-10-11(12(15)16)19-13(4,5)18-10/h10-11H,6-9H2,1-5H3,(H,15,16)/q-1/t10-,11+/m1/s1/i9D2. The van der Waals surface area contributed by atoms with E-state index in [1.165, 1.54) is 0 Å². The highest BCUT2D eigenvalue weighted by Crippen LogP contribution is 2.30. The maximum atomic E-state index is 11.3. The summed E-state index contributed by atoms with van der Waals surface area (Å²) in [4.78, 5) is 11.3. The Kier molecular flexibility index (Phi) is 4.40. The molecule has 112 valence electrons. The second-order valence-electron chi connectivity index (χ2n) is 5.64. The minimum Gasteiger partial charge on any atom is -0.588 e. The number of hydrogen-bond acceptors (Lipinski definition) is 4. The van der Waals surface area contributed by atoms with Gasteiger partial charge in [-0.15, -0.1) is 0 Å². The van der Waals surface area contributed by atoms with Gasteiger partial charge in [-0.3, -0.25) is 0 Å². The predicted octanol–water partition coefficient (Wildman–Crippen LogP) is 2.61. The van der Waals surface area contributed by atoms with Crippen molar-refractivity contribution in [3.8, 4) is 0 Å². The highest BCUT2D eigenvalue weighted by Gasteiger charge is 2.45. The lowest BCUT2D eigenvalue weighted by Gasteiger charge is -2.39. The van der Waals surface area contributed by atoms with Crippen molar-refractivity contribution in [2.45, 2.75) is 71.6 Å². The van der Waals surface area contributed by atoms with E-state index in [0.29, 0.717) is 19.0 Å². The van der Waals surface area contributed by atoms with E-state index in [9.17, 15) is 9.90 Å². The van der Waals surface area contributed by atoms with E-state index < -0.39 is 36.9 Å². The van der Waals surface area contributed by atoms with Gasteiger partial charge in [0.15, 0.2) is 11.9 Å². The fourth-order valence-corrected chi connectivity index (χ4v) is 2.36. The first kappa shape index (κ1) is 13.4. The van der Waals surface area contributed by atoms with Crippen LogP contribution in [-0.4, -0.2) is 42.0 Å². The molecule has 0 aromatic carbocycles. The van der Waals surface area contributed by atoms with Crippen LogP contribution in [0, 0.1) is 0 Å². The Balaban J connectivity index is 3.02. The third-order valence-electron chi connectivity index (χ3n) is 4.01. The van der Waals surface area contributed by atoms with Gasteiger partial charge in [0, 0.05) is 6.56 Å². The van der Waals surface area contributed by atoms with Crippen LogP contribution in [0.5, 0.6) is 0 Å². The molecule has 0 amide bonds. The fourth-order valence-electron chi connectivity index (χ4n) is 2.36. The molecule has 0 aromatic heterocycles. The Hall–Kier alpha value is -0.585. The summed E-state index contributed by atoms with van der Waals surface area (Å²) in [7, 11) is 0. The summed E-state index contributed by atoms with van der Waals surface area (Å²) in [6.45, 7) is 6.77. The number of carbonyl (C=O) groups is 1. The van der Waals surface area contributed by atoms with Crippen LogP contribution in [0.3, 0.4) is 0 Å². The number of hydrogen-bond donors (Lipinski definition) is 1. The Labute approximate surface area is 118 Å². The minimum absolute atomic E-state index is 0.696. The Morgan fingerprint density at radius 3 is 2.26 bits per heavy atom. The van der Waals surface area contributed by atoms with Crippen LogP contribution in [0.2, 0.25) is 19.0 Å². The highest BCUT2D eigenvalue weighted by atomic mass is 16.8. The molecule has 6 heteroatoms. The van der Waals surface area contributed by atoms with Crippen LogP contribution in [0.1, 0.15) is 37.4 Å². The molecule has 1 heterocycles. The minimum atomic E-state index is -2.22. The van der Waals surface area contributed by atoms with E-state index >= 15 is 0 Å². The van der Waals surface area contributed by atoms with Crippen LogP contribution in [0.25, 0.3) is 0 Å². The third-order valence-corrected chi connectivity index (χ3v) is 4.01. The summed E-state index contributed by atoms with van der Waals surface area (Å²) >= 11 is 0. The normalized spacial score (nSPS) is 28.9. The molecule has 0 unspecified atom stereocenters. The van der Waals surface area contributed by atoms with E-state index in [1.807, 2.05) is 20.8 Å². The monoisotopic (exact) mass is 275 g/mol. The van der Waals surface area contributed by atoms with Gasteiger partial charge in [-0.25, -0.2) is 4.79 Å². The van der Waals surface area contributed by atoms with Gasteiger partial charge in [0.2, 0.25) is 0 Å². The summed E-state index contributed by atoms with van der Waals surface area (Å²) < 4.78 is 32.9. The maximum absolute atomic E-state index is 11.3. The van der Waals surface area contributed by atoms with Crippen molar-refractivity contribution in [2.24, 2.45) is 0 Å². The molecule has 0 radical (unpaired) electrons. The number of ether oxygens (including phenoxy) is 2. The van der Waals surface area contributed by atoms with Crippen LogP contribution in [0.4, 0.5) is 0 Å². The van der Waals surface area contributed by atoms with Gasteiger partial charge < -0.3 is 19.2 Å². The van der Waals surface area contributed by atoms with Crippen LogP contribution >= 0.6 is 0 Å². The molecule has 0 bridgehead atoms. The number of rotatable bonds is 7. The average Bonchev–Trinajstić information content (AvgIpc) is 2.73. The Morgan fingerprint density at radius 1 is 1.32 bits per heavy atom. The van der Waals surface area contributed by atoms with Gasteiger partial charge in [-0.2, -0.15) is 19.0 Å². The average molecular weight is 275 g/mol. The third kappa shape index (κ3) is 3.94. The molecule has 1 rings (SSSR count). The summed E-state index contributed by atoms with van der Waals surface area (Å²) in [6, 6.07) is 0. The number of aliphatic carboxylic acids is 1. The Morgan fingerprint density at radius 2 is 1.84 bits per heavy atom. The molecule has 1 aliphatic rings. The molecule has 1 fully saturated rings. The molecule has 1 aliphatic heterocycles. The second kappa shape index (κ2) is 6.24. The summed E-state index contributed by atoms with van der Waals surface area (Å²) in [6.07, 6.45) is -1.94. The van der Waals surface area contributed by atoms with E-state index in [1.54, 1.807) is 13.8 Å². The molecule has 2 atom stereocenters. The lowest BCUT2D eigenvalue weighted by atomic mass is 9.34. The van der Waals surface area contributed by atoms with E-state index in [2.05, 4.69) is 0 Å². The van der Waals surface area contributed by atoms with Crippen molar-refractivity contribution >= 4 is 12.3 Å². The number of carboxylic acids is 1. The van der Waals surface area contributed by atoms with Crippen molar-refractivity contribution < 1.29 is 26.8 Å². The molecular weight excluding hydrogens is 247 g/mol. The van der Waals surface area contributed by atoms with Gasteiger partial charge in [0.25, 0.3) is 0 Å². The maximum Gasteiger partial charge on any atom is 0.335 e. The first-order chi connectivity index (χ1) is 9.52. The van der Waals surface area contributed by atoms with Gasteiger partial charge >= 0.3 is 5.97 Å². The van der Waals surface area contributed by atoms with Crippen molar-refractivity contribution in [1.29, 1.82) is 0 Å². The van der Waals surface area contributed by atoms with Gasteiger partial charge in [0.05, 0.1) is 2.74 Å². The SMILES string of the molecule is [2H]C([2H])(O[B-](CC)(CC)CC)[C@H]1OC(C)(C)O[C@@H]1C(=O)O. The lowest BCUT2D eigenvalue weighted by molar-refractivity contribution is -0.166. The van der Waals surface area contributed by atoms with Crippen molar-refractivity contribution in [1.82, 2.24) is 0 Å². The van der Waals surface area contributed by atoms with Crippen molar-refractivity contribution in [3.05, 3.63) is 0 Å². The molecule has 1 N–H and O–H groups in total. The smallest absolute Gasteiger partial charge is 0.335 e. The molecular formula is C13H26BO5-. The van der Waals surface area contributed by atoms with Gasteiger partial charge in [-0.1, -0.05) is 20.8 Å².